The van der Waals surface area contributed by atoms with Gasteiger partial charge in [0, 0.05) is 33.6 Å². The van der Waals surface area contributed by atoms with Crippen molar-refractivity contribution in [2.45, 2.75) is 4.90 Å². The molecule has 4 aromatic carbocycles. The molecule has 10 heteroatoms. The summed E-state index contributed by atoms with van der Waals surface area (Å²) < 4.78 is 44.5. The fourth-order valence-corrected chi connectivity index (χ4v) is 5.39. The van der Waals surface area contributed by atoms with E-state index in [0.717, 1.165) is 39.2 Å². The number of hydrogen-bond acceptors (Lipinski definition) is 4. The molecule has 0 aliphatic rings. The lowest BCUT2D eigenvalue weighted by molar-refractivity contribution is 0.415. The molecule has 2 heterocycles. The zero-order valence-electron chi connectivity index (χ0n) is 22.3. The number of primary sulfonamides is 1. The molecule has 0 fully saturated rings. The van der Waals surface area contributed by atoms with Crippen molar-refractivity contribution < 1.29 is 17.5 Å². The number of halogens is 2. The van der Waals surface area contributed by atoms with Crippen LogP contribution >= 0.6 is 11.6 Å². The zero-order chi connectivity index (χ0) is 29.4. The van der Waals surface area contributed by atoms with E-state index in [-0.39, 0.29) is 10.7 Å². The van der Waals surface area contributed by atoms with Gasteiger partial charge in [0.25, 0.3) is 0 Å². The summed E-state index contributed by atoms with van der Waals surface area (Å²) in [5.74, 6) is 0.372. The van der Waals surface area contributed by atoms with Crippen LogP contribution in [0.2, 0.25) is 5.02 Å². The minimum absolute atomic E-state index is 0.00541. The van der Waals surface area contributed by atoms with Crippen molar-refractivity contribution in [3.05, 3.63) is 120 Å². The topological polar surface area (TPSA) is 103 Å². The van der Waals surface area contributed by atoms with Crippen LogP contribution in [-0.2, 0) is 10.0 Å². The number of methoxy groups -OCH3 is 1. The van der Waals surface area contributed by atoms with Crippen molar-refractivity contribution >= 4 is 21.6 Å². The van der Waals surface area contributed by atoms with E-state index < -0.39 is 10.0 Å². The lowest BCUT2D eigenvalue weighted by Gasteiger charge is -2.06. The summed E-state index contributed by atoms with van der Waals surface area (Å²) in [6, 6.07) is 29.5. The number of ether oxygens (including phenoxy) is 1. The summed E-state index contributed by atoms with van der Waals surface area (Å²) in [6.45, 7) is 0. The maximum Gasteiger partial charge on any atom is 0.238 e. The molecular weight excluding hydrogens is 575 g/mol. The molecule has 0 unspecified atom stereocenters. The number of aromatic nitrogens is 3. The lowest BCUT2D eigenvalue weighted by atomic mass is 9.98. The fraction of sp³-hybridized carbons (Fsp3) is 0.0312. The van der Waals surface area contributed by atoms with Gasteiger partial charge in [-0.2, -0.15) is 5.10 Å². The Hall–Kier alpha value is -4.70. The normalized spacial score (nSPS) is 11.5. The van der Waals surface area contributed by atoms with Crippen LogP contribution in [0.3, 0.4) is 0 Å². The van der Waals surface area contributed by atoms with Crippen molar-refractivity contribution in [1.82, 2.24) is 14.8 Å². The molecule has 0 atom stereocenters. The Kier molecular flexibility index (Phi) is 7.16. The van der Waals surface area contributed by atoms with Gasteiger partial charge in [0.1, 0.15) is 17.3 Å². The number of sulfonamides is 1. The maximum atomic E-state index is 13.9. The number of aromatic amines is 1. The first-order chi connectivity index (χ1) is 20.2. The van der Waals surface area contributed by atoms with Crippen LogP contribution in [0.4, 0.5) is 4.39 Å². The molecule has 0 saturated heterocycles. The number of nitrogens with two attached hydrogens (primary N) is 1. The van der Waals surface area contributed by atoms with Gasteiger partial charge in [-0.15, -0.1) is 0 Å². The van der Waals surface area contributed by atoms with Crippen LogP contribution in [0.5, 0.6) is 5.75 Å². The zero-order valence-corrected chi connectivity index (χ0v) is 23.8. The van der Waals surface area contributed by atoms with Crippen LogP contribution in [0.25, 0.3) is 50.6 Å². The average Bonchev–Trinajstić information content (AvgIpc) is 3.63. The molecule has 0 bridgehead atoms. The molecule has 6 aromatic rings. The van der Waals surface area contributed by atoms with Crippen LogP contribution in [0.15, 0.2) is 114 Å². The second-order valence-electron chi connectivity index (χ2n) is 9.59. The quantitative estimate of drug-likeness (QED) is 0.201. The predicted octanol–water partition coefficient (Wildman–Crippen LogP) is 7.32. The largest absolute Gasteiger partial charge is 0.497 e. The highest BCUT2D eigenvalue weighted by Gasteiger charge is 2.21. The Bertz CT molecular complexity index is 1980. The number of nitrogens with zero attached hydrogens (tertiary/aromatic N) is 2. The highest BCUT2D eigenvalue weighted by molar-refractivity contribution is 7.89. The van der Waals surface area contributed by atoms with Crippen LogP contribution in [-0.4, -0.2) is 30.3 Å². The first-order valence-corrected chi connectivity index (χ1v) is 14.7. The Morgan fingerprint density at radius 1 is 0.833 bits per heavy atom. The molecule has 0 radical (unpaired) electrons. The van der Waals surface area contributed by atoms with Gasteiger partial charge in [0.15, 0.2) is 0 Å². The summed E-state index contributed by atoms with van der Waals surface area (Å²) in [4.78, 5) is 3.52. The van der Waals surface area contributed by atoms with Gasteiger partial charge in [-0.3, -0.25) is 0 Å². The van der Waals surface area contributed by atoms with Crippen molar-refractivity contribution in [2.75, 3.05) is 7.11 Å². The predicted molar refractivity (Wildman–Crippen MR) is 163 cm³/mol. The van der Waals surface area contributed by atoms with Crippen LogP contribution in [0, 0.1) is 5.82 Å². The molecule has 6 rings (SSSR count). The minimum Gasteiger partial charge on any atom is -0.497 e. The van der Waals surface area contributed by atoms with Gasteiger partial charge in [-0.1, -0.05) is 23.7 Å². The van der Waals surface area contributed by atoms with Gasteiger partial charge in [-0.25, -0.2) is 22.6 Å². The summed E-state index contributed by atoms with van der Waals surface area (Å²) in [5.41, 5.74) is 7.12. The maximum absolute atomic E-state index is 13.9. The molecule has 0 spiro atoms. The van der Waals surface area contributed by atoms with Crippen molar-refractivity contribution in [1.29, 1.82) is 0 Å². The van der Waals surface area contributed by atoms with E-state index >= 15 is 0 Å². The Labute approximate surface area is 247 Å². The SMILES string of the molecule is COc1ccc(-c2nn(-c3ccc(S(N)(=O)=O)cc3)cc2-c2cc(-c3ccc(Cl)cc3)[nH]c2-c2ccc(F)cc2)cc1. The standard InChI is InChI=1S/C32H24ClFN4O3S/c1-41-26-14-6-22(7-15-26)32-29(19-38(37-32)25-12-16-27(17-13-25)42(35,39)40)28-18-30(20-2-8-23(33)9-3-20)36-31(28)21-4-10-24(34)11-5-21/h2-19,36H,1H3,(H2,35,39,40). The van der Waals surface area contributed by atoms with E-state index in [9.17, 15) is 12.8 Å². The third-order valence-corrected chi connectivity index (χ3v) is 8.08. The van der Waals surface area contributed by atoms with E-state index in [1.165, 1.54) is 24.3 Å². The van der Waals surface area contributed by atoms with Gasteiger partial charge >= 0.3 is 0 Å². The first kappa shape index (κ1) is 27.5. The van der Waals surface area contributed by atoms with Crippen molar-refractivity contribution in [3.63, 3.8) is 0 Å². The van der Waals surface area contributed by atoms with Crippen LogP contribution < -0.4 is 9.88 Å². The molecule has 42 heavy (non-hydrogen) atoms. The fourth-order valence-electron chi connectivity index (χ4n) is 4.75. The number of rotatable bonds is 7. The molecule has 7 nitrogen and oxygen atoms in total. The third kappa shape index (κ3) is 5.45. The molecule has 0 amide bonds. The van der Waals surface area contributed by atoms with E-state index in [4.69, 9.17) is 26.6 Å². The molecule has 210 valence electrons. The number of H-pyrrole nitrogens is 1. The summed E-state index contributed by atoms with van der Waals surface area (Å²) in [5, 5.41) is 10.8. The van der Waals surface area contributed by atoms with Gasteiger partial charge in [0.05, 0.1) is 23.4 Å². The van der Waals surface area contributed by atoms with E-state index in [0.29, 0.717) is 22.2 Å². The lowest BCUT2D eigenvalue weighted by Crippen LogP contribution is -2.12. The van der Waals surface area contributed by atoms with Gasteiger partial charge < -0.3 is 9.72 Å². The smallest absolute Gasteiger partial charge is 0.238 e. The third-order valence-electron chi connectivity index (χ3n) is 6.90. The highest BCUT2D eigenvalue weighted by Crippen LogP contribution is 2.41. The number of nitrogens with one attached hydrogen (secondary N) is 1. The summed E-state index contributed by atoms with van der Waals surface area (Å²) in [6.07, 6.45) is 1.88. The molecule has 3 N–H and O–H groups in total. The van der Waals surface area contributed by atoms with E-state index in [1.807, 2.05) is 60.8 Å². The Morgan fingerprint density at radius 3 is 2.07 bits per heavy atom. The van der Waals surface area contributed by atoms with Gasteiger partial charge in [-0.05, 0) is 102 Å². The summed E-state index contributed by atoms with van der Waals surface area (Å²) in [7, 11) is -2.24. The first-order valence-electron chi connectivity index (χ1n) is 12.8. The monoisotopic (exact) mass is 598 g/mol. The highest BCUT2D eigenvalue weighted by atomic mass is 35.5. The second-order valence-corrected chi connectivity index (χ2v) is 11.6. The molecule has 0 aliphatic heterocycles. The average molecular weight is 599 g/mol. The second kappa shape index (κ2) is 10.9. The Balaban J connectivity index is 1.57. The summed E-state index contributed by atoms with van der Waals surface area (Å²) >= 11 is 6.14. The van der Waals surface area contributed by atoms with E-state index in [1.54, 1.807) is 36.1 Å². The van der Waals surface area contributed by atoms with Gasteiger partial charge in [0.2, 0.25) is 10.0 Å². The molecule has 0 saturated carbocycles. The molecular formula is C32H24ClFN4O3S. The minimum atomic E-state index is -3.84. The molecule has 0 aliphatic carbocycles. The van der Waals surface area contributed by atoms with Crippen LogP contribution in [0.1, 0.15) is 0 Å². The van der Waals surface area contributed by atoms with E-state index in [2.05, 4.69) is 4.98 Å². The number of benzene rings is 4. The van der Waals surface area contributed by atoms with Crippen molar-refractivity contribution in [2.24, 2.45) is 5.14 Å². The number of hydrogen-bond donors (Lipinski definition) is 2. The molecule has 2 aromatic heterocycles. The van der Waals surface area contributed by atoms with Crippen molar-refractivity contribution in [3.8, 4) is 56.3 Å². The Morgan fingerprint density at radius 2 is 1.45 bits per heavy atom.